The molecule has 1 atom stereocenters. The Balaban J connectivity index is 2.10. The number of amides is 2. The van der Waals surface area contributed by atoms with Gasteiger partial charge in [0, 0.05) is 25.6 Å². The highest BCUT2D eigenvalue weighted by Crippen LogP contribution is 2.34. The molecule has 0 saturated heterocycles. The molecule has 0 bridgehead atoms. The van der Waals surface area contributed by atoms with E-state index in [4.69, 9.17) is 32.7 Å². The molecule has 1 N–H and O–H groups in total. The van der Waals surface area contributed by atoms with Gasteiger partial charge in [0.05, 0.1) is 36.2 Å². The number of nitrogens with one attached hydrogen (secondary N) is 1. The van der Waals surface area contributed by atoms with Crippen molar-refractivity contribution in [3.8, 4) is 11.5 Å². The van der Waals surface area contributed by atoms with Crippen molar-refractivity contribution in [2.75, 3.05) is 37.9 Å². The molecule has 3 rings (SSSR count). The number of sulfonamides is 1. The second-order valence-corrected chi connectivity index (χ2v) is 12.3. The average Bonchev–Trinajstić information content (AvgIpc) is 2.97. The van der Waals surface area contributed by atoms with E-state index in [1.54, 1.807) is 24.3 Å². The molecule has 0 radical (unpaired) electrons. The molecule has 226 valence electrons. The van der Waals surface area contributed by atoms with Crippen LogP contribution in [0, 0.1) is 0 Å². The minimum absolute atomic E-state index is 0.0237. The number of carbonyl (C=O) groups excluding carboxylic acids is 2. The van der Waals surface area contributed by atoms with Crippen molar-refractivity contribution in [2.45, 2.75) is 32.4 Å². The molecule has 0 aliphatic heterocycles. The monoisotopic (exact) mass is 635 g/mol. The summed E-state index contributed by atoms with van der Waals surface area (Å²) in [7, 11) is -1.11. The van der Waals surface area contributed by atoms with Gasteiger partial charge in [0.2, 0.25) is 21.8 Å². The number of nitrogens with zero attached hydrogens (tertiary/aromatic N) is 2. The summed E-state index contributed by atoms with van der Waals surface area (Å²) in [6.45, 7) is 1.73. The third-order valence-electron chi connectivity index (χ3n) is 6.49. The maximum Gasteiger partial charge on any atom is 0.244 e. The fourth-order valence-corrected chi connectivity index (χ4v) is 5.51. The molecular weight excluding hydrogens is 601 g/mol. The third-order valence-corrected chi connectivity index (χ3v) is 8.36. The van der Waals surface area contributed by atoms with Crippen LogP contribution < -0.4 is 19.1 Å². The first-order chi connectivity index (χ1) is 20.0. The third kappa shape index (κ3) is 8.77. The lowest BCUT2D eigenvalue weighted by Gasteiger charge is -2.33. The van der Waals surface area contributed by atoms with Crippen LogP contribution in [0.5, 0.6) is 11.5 Å². The largest absolute Gasteiger partial charge is 0.497 e. The van der Waals surface area contributed by atoms with Crippen molar-refractivity contribution in [1.29, 1.82) is 0 Å². The number of benzene rings is 3. The van der Waals surface area contributed by atoms with E-state index in [0.29, 0.717) is 29.3 Å². The van der Waals surface area contributed by atoms with E-state index in [1.165, 1.54) is 31.3 Å². The highest BCUT2D eigenvalue weighted by atomic mass is 35.5. The topological polar surface area (TPSA) is 105 Å². The van der Waals surface area contributed by atoms with E-state index in [9.17, 15) is 18.0 Å². The van der Waals surface area contributed by atoms with E-state index >= 15 is 0 Å². The fourth-order valence-electron chi connectivity index (χ4n) is 4.34. The van der Waals surface area contributed by atoms with Crippen LogP contribution in [0.3, 0.4) is 0 Å². The van der Waals surface area contributed by atoms with Crippen molar-refractivity contribution < 1.29 is 27.5 Å². The SMILES string of the molecule is CCCNC(=O)[C@H](Cc1ccccc1)N(Cc1ccc(Cl)c(Cl)c1)C(=O)CN(c1ccc(OC)cc1OC)S(C)(=O)=O. The van der Waals surface area contributed by atoms with Crippen LogP contribution in [-0.4, -0.2) is 64.7 Å². The molecule has 9 nitrogen and oxygen atoms in total. The minimum Gasteiger partial charge on any atom is -0.497 e. The zero-order valence-corrected chi connectivity index (χ0v) is 26.3. The summed E-state index contributed by atoms with van der Waals surface area (Å²) in [6, 6.07) is 17.9. The molecule has 12 heteroatoms. The van der Waals surface area contributed by atoms with Crippen LogP contribution in [0.15, 0.2) is 66.7 Å². The van der Waals surface area contributed by atoms with Gasteiger partial charge in [-0.15, -0.1) is 0 Å². The summed E-state index contributed by atoms with van der Waals surface area (Å²) >= 11 is 12.4. The highest BCUT2D eigenvalue weighted by Gasteiger charge is 2.33. The van der Waals surface area contributed by atoms with Gasteiger partial charge in [-0.3, -0.25) is 13.9 Å². The smallest absolute Gasteiger partial charge is 0.244 e. The quantitative estimate of drug-likeness (QED) is 0.269. The number of anilines is 1. The molecule has 3 aromatic rings. The number of carbonyl (C=O) groups is 2. The zero-order chi connectivity index (χ0) is 30.9. The van der Waals surface area contributed by atoms with Gasteiger partial charge in [-0.05, 0) is 41.8 Å². The first-order valence-electron chi connectivity index (χ1n) is 13.2. The van der Waals surface area contributed by atoms with Crippen molar-refractivity contribution >= 4 is 50.7 Å². The van der Waals surface area contributed by atoms with E-state index in [1.807, 2.05) is 37.3 Å². The molecule has 0 fully saturated rings. The normalized spacial score (nSPS) is 11.9. The summed E-state index contributed by atoms with van der Waals surface area (Å²) in [5, 5.41) is 3.53. The molecule has 42 heavy (non-hydrogen) atoms. The van der Waals surface area contributed by atoms with Crippen molar-refractivity contribution in [2.24, 2.45) is 0 Å². The molecule has 3 aromatic carbocycles. The van der Waals surface area contributed by atoms with Crippen LogP contribution in [0.4, 0.5) is 5.69 Å². The lowest BCUT2D eigenvalue weighted by atomic mass is 10.0. The van der Waals surface area contributed by atoms with Gasteiger partial charge in [-0.25, -0.2) is 8.42 Å². The standard InChI is InChI=1S/C30H35Cl2N3O6S/c1-5-15-33-30(37)27(17-21-9-7-6-8-10-21)34(19-22-11-13-24(31)25(32)16-22)29(36)20-35(42(4,38)39)26-14-12-23(40-2)18-28(26)41-3/h6-14,16,18,27H,5,15,17,19-20H2,1-4H3,(H,33,37)/t27-/m0/s1. The molecule has 0 heterocycles. The fraction of sp³-hybridized carbons (Fsp3) is 0.333. The number of halogens is 2. The Morgan fingerprint density at radius 1 is 0.929 bits per heavy atom. The van der Waals surface area contributed by atoms with Crippen LogP contribution in [0.25, 0.3) is 0 Å². The Kier molecular flexibility index (Phi) is 11.9. The maximum atomic E-state index is 14.2. The Bertz CT molecular complexity index is 1490. The van der Waals surface area contributed by atoms with Crippen molar-refractivity contribution in [3.05, 3.63) is 87.9 Å². The van der Waals surface area contributed by atoms with Gasteiger partial charge in [0.15, 0.2) is 0 Å². The molecule has 0 spiro atoms. The van der Waals surface area contributed by atoms with Gasteiger partial charge in [-0.2, -0.15) is 0 Å². The Morgan fingerprint density at radius 2 is 1.64 bits per heavy atom. The van der Waals surface area contributed by atoms with Crippen LogP contribution in [0.1, 0.15) is 24.5 Å². The Hall–Kier alpha value is -3.47. The van der Waals surface area contributed by atoms with Crippen LogP contribution in [0.2, 0.25) is 10.0 Å². The Morgan fingerprint density at radius 3 is 2.24 bits per heavy atom. The lowest BCUT2D eigenvalue weighted by Crippen LogP contribution is -2.53. The predicted molar refractivity (Wildman–Crippen MR) is 166 cm³/mol. The molecule has 0 aliphatic carbocycles. The van der Waals surface area contributed by atoms with Gasteiger partial charge >= 0.3 is 0 Å². The molecule has 0 aromatic heterocycles. The summed E-state index contributed by atoms with van der Waals surface area (Å²) in [5.41, 5.74) is 1.60. The van der Waals surface area contributed by atoms with Gasteiger partial charge in [-0.1, -0.05) is 66.5 Å². The summed E-state index contributed by atoms with van der Waals surface area (Å²) < 4.78 is 37.7. The molecule has 2 amide bonds. The summed E-state index contributed by atoms with van der Waals surface area (Å²) in [4.78, 5) is 29.1. The molecular formula is C30H35Cl2N3O6S. The summed E-state index contributed by atoms with van der Waals surface area (Å²) in [5.74, 6) is -0.309. The minimum atomic E-state index is -3.98. The van der Waals surface area contributed by atoms with Gasteiger partial charge in [0.25, 0.3) is 0 Å². The first-order valence-corrected chi connectivity index (χ1v) is 15.8. The number of hydrogen-bond acceptors (Lipinski definition) is 6. The lowest BCUT2D eigenvalue weighted by molar-refractivity contribution is -0.140. The number of hydrogen-bond donors (Lipinski definition) is 1. The van der Waals surface area contributed by atoms with Gasteiger partial charge in [0.1, 0.15) is 24.1 Å². The number of rotatable bonds is 14. The predicted octanol–water partition coefficient (Wildman–Crippen LogP) is 4.94. The molecule has 0 saturated carbocycles. The Labute approximate surface area is 257 Å². The number of ether oxygens (including phenoxy) is 2. The molecule has 0 aliphatic rings. The van der Waals surface area contributed by atoms with Crippen molar-refractivity contribution in [3.63, 3.8) is 0 Å². The van der Waals surface area contributed by atoms with Crippen LogP contribution in [-0.2, 0) is 32.6 Å². The first kappa shape index (κ1) is 33.0. The van der Waals surface area contributed by atoms with E-state index in [2.05, 4.69) is 5.32 Å². The maximum absolute atomic E-state index is 14.2. The van der Waals surface area contributed by atoms with E-state index in [-0.39, 0.29) is 35.3 Å². The number of methoxy groups -OCH3 is 2. The zero-order valence-electron chi connectivity index (χ0n) is 24.0. The van der Waals surface area contributed by atoms with E-state index in [0.717, 1.165) is 16.1 Å². The second kappa shape index (κ2) is 15.1. The van der Waals surface area contributed by atoms with Crippen LogP contribution >= 0.6 is 23.2 Å². The second-order valence-electron chi connectivity index (χ2n) is 9.57. The highest BCUT2D eigenvalue weighted by molar-refractivity contribution is 7.92. The average molecular weight is 637 g/mol. The molecule has 0 unspecified atom stereocenters. The van der Waals surface area contributed by atoms with Crippen molar-refractivity contribution in [1.82, 2.24) is 10.2 Å². The summed E-state index contributed by atoms with van der Waals surface area (Å²) in [6.07, 6.45) is 1.90. The van der Waals surface area contributed by atoms with E-state index < -0.39 is 28.5 Å². The van der Waals surface area contributed by atoms with Gasteiger partial charge < -0.3 is 19.7 Å².